The van der Waals surface area contributed by atoms with Gasteiger partial charge in [-0.15, -0.1) is 23.7 Å². The molecule has 1 saturated carbocycles. The third-order valence-electron chi connectivity index (χ3n) is 3.50. The smallest absolute Gasteiger partial charge is 0.238 e. The summed E-state index contributed by atoms with van der Waals surface area (Å²) in [5.41, 5.74) is 2.88. The van der Waals surface area contributed by atoms with E-state index in [4.69, 9.17) is 0 Å². The Bertz CT molecular complexity index is 623. The van der Waals surface area contributed by atoms with Crippen LogP contribution in [0.1, 0.15) is 17.8 Å². The van der Waals surface area contributed by atoms with Crippen molar-refractivity contribution in [3.8, 4) is 11.3 Å². The number of hydrogen-bond donors (Lipinski definition) is 2. The zero-order valence-electron chi connectivity index (χ0n) is 12.5. The van der Waals surface area contributed by atoms with Crippen LogP contribution in [0.5, 0.6) is 0 Å². The molecule has 0 aliphatic heterocycles. The minimum Gasteiger partial charge on any atom is -0.325 e. The molecule has 2 N–H and O–H groups in total. The van der Waals surface area contributed by atoms with Gasteiger partial charge >= 0.3 is 0 Å². The second-order valence-electron chi connectivity index (χ2n) is 5.45. The van der Waals surface area contributed by atoms with E-state index in [-0.39, 0.29) is 18.3 Å². The number of nitrogens with one attached hydrogen (secondary N) is 2. The van der Waals surface area contributed by atoms with E-state index in [1.165, 1.54) is 12.8 Å². The molecule has 0 bridgehead atoms. The summed E-state index contributed by atoms with van der Waals surface area (Å²) in [6.45, 7) is 3.33. The van der Waals surface area contributed by atoms with E-state index in [9.17, 15) is 4.79 Å². The van der Waals surface area contributed by atoms with E-state index >= 15 is 0 Å². The molecule has 1 fully saturated rings. The maximum absolute atomic E-state index is 11.8. The highest BCUT2D eigenvalue weighted by Crippen LogP contribution is 2.27. The third kappa shape index (κ3) is 4.80. The lowest BCUT2D eigenvalue weighted by Gasteiger charge is -2.07. The normalized spacial score (nSPS) is 13.5. The zero-order valence-corrected chi connectivity index (χ0v) is 14.1. The van der Waals surface area contributed by atoms with Crippen LogP contribution < -0.4 is 10.6 Å². The first kappa shape index (κ1) is 16.9. The Morgan fingerprint density at radius 2 is 2.05 bits per heavy atom. The Morgan fingerprint density at radius 3 is 2.64 bits per heavy atom. The van der Waals surface area contributed by atoms with Gasteiger partial charge in [0.05, 0.1) is 17.2 Å². The summed E-state index contributed by atoms with van der Waals surface area (Å²) in [4.78, 5) is 16.2. The largest absolute Gasteiger partial charge is 0.325 e. The van der Waals surface area contributed by atoms with Gasteiger partial charge in [-0.25, -0.2) is 4.98 Å². The molecule has 0 spiro atoms. The first-order chi connectivity index (χ1) is 10.2. The molecule has 6 heteroatoms. The second-order valence-corrected chi connectivity index (χ2v) is 6.51. The van der Waals surface area contributed by atoms with E-state index < -0.39 is 0 Å². The molecule has 2 aromatic rings. The van der Waals surface area contributed by atoms with Crippen LogP contribution >= 0.6 is 23.7 Å². The van der Waals surface area contributed by atoms with Gasteiger partial charge in [0.1, 0.15) is 0 Å². The molecule has 4 nitrogen and oxygen atoms in total. The van der Waals surface area contributed by atoms with Gasteiger partial charge in [0.15, 0.2) is 0 Å². The van der Waals surface area contributed by atoms with Crippen molar-refractivity contribution in [3.63, 3.8) is 0 Å². The van der Waals surface area contributed by atoms with Gasteiger partial charge in [-0.3, -0.25) is 4.79 Å². The van der Waals surface area contributed by atoms with Gasteiger partial charge in [0.2, 0.25) is 5.91 Å². The summed E-state index contributed by atoms with van der Waals surface area (Å²) >= 11 is 1.64. The molecule has 1 aliphatic carbocycles. The van der Waals surface area contributed by atoms with Crippen LogP contribution in [-0.2, 0) is 4.79 Å². The molecule has 118 valence electrons. The molecule has 1 heterocycles. The van der Waals surface area contributed by atoms with Crippen molar-refractivity contribution in [2.45, 2.75) is 19.8 Å². The highest BCUT2D eigenvalue weighted by atomic mass is 35.5. The van der Waals surface area contributed by atoms with Gasteiger partial charge in [-0.1, -0.05) is 12.1 Å². The molecule has 0 saturated heterocycles. The number of hydrogen-bond acceptors (Lipinski definition) is 4. The van der Waals surface area contributed by atoms with Crippen LogP contribution in [0.3, 0.4) is 0 Å². The molecule has 0 atom stereocenters. The highest BCUT2D eigenvalue weighted by Gasteiger charge is 2.20. The van der Waals surface area contributed by atoms with Crippen LogP contribution in [0.15, 0.2) is 29.6 Å². The fourth-order valence-corrected chi connectivity index (χ4v) is 2.76. The fraction of sp³-hybridized carbons (Fsp3) is 0.375. The van der Waals surface area contributed by atoms with Crippen molar-refractivity contribution in [2.75, 3.05) is 18.4 Å². The lowest BCUT2D eigenvalue weighted by molar-refractivity contribution is -0.115. The quantitative estimate of drug-likeness (QED) is 0.848. The standard InChI is InChI=1S/C16H19N3OS.ClH/c1-11-18-15(10-21-11)13-4-6-14(7-5-13)19-16(20)9-17-8-12-2-3-12;/h4-7,10,12,17H,2-3,8-9H2,1H3,(H,19,20);1H. The van der Waals surface area contributed by atoms with E-state index in [1.807, 2.05) is 36.6 Å². The number of benzene rings is 1. The molecule has 1 aromatic carbocycles. The summed E-state index contributed by atoms with van der Waals surface area (Å²) in [6, 6.07) is 7.81. The zero-order chi connectivity index (χ0) is 14.7. The van der Waals surface area contributed by atoms with Gasteiger partial charge in [-0.05, 0) is 44.4 Å². The molecule has 0 radical (unpaired) electrons. The van der Waals surface area contributed by atoms with Crippen molar-refractivity contribution in [1.82, 2.24) is 10.3 Å². The Balaban J connectivity index is 0.00000176. The first-order valence-corrected chi connectivity index (χ1v) is 8.12. The number of aromatic nitrogens is 1. The average molecular weight is 338 g/mol. The van der Waals surface area contributed by atoms with Crippen molar-refractivity contribution < 1.29 is 4.79 Å². The van der Waals surface area contributed by atoms with Crippen molar-refractivity contribution in [3.05, 3.63) is 34.7 Å². The lowest BCUT2D eigenvalue weighted by atomic mass is 10.1. The minimum absolute atomic E-state index is 0. The first-order valence-electron chi connectivity index (χ1n) is 7.24. The number of carbonyl (C=O) groups excluding carboxylic acids is 1. The average Bonchev–Trinajstić information content (AvgIpc) is 3.19. The van der Waals surface area contributed by atoms with E-state index in [2.05, 4.69) is 15.6 Å². The van der Waals surface area contributed by atoms with Crippen molar-refractivity contribution >= 4 is 35.3 Å². The molecule has 1 amide bonds. The molecule has 1 aromatic heterocycles. The maximum atomic E-state index is 11.8. The number of halogens is 1. The SMILES string of the molecule is Cc1nc(-c2ccc(NC(=O)CNCC3CC3)cc2)cs1.Cl. The van der Waals surface area contributed by atoms with Crippen LogP contribution in [0.4, 0.5) is 5.69 Å². The van der Waals surface area contributed by atoms with Crippen LogP contribution in [0.2, 0.25) is 0 Å². The number of carbonyl (C=O) groups is 1. The Hall–Kier alpha value is -1.43. The van der Waals surface area contributed by atoms with Crippen molar-refractivity contribution in [1.29, 1.82) is 0 Å². The van der Waals surface area contributed by atoms with Gasteiger partial charge in [0.25, 0.3) is 0 Å². The highest BCUT2D eigenvalue weighted by molar-refractivity contribution is 7.09. The number of amides is 1. The van der Waals surface area contributed by atoms with Crippen LogP contribution in [-0.4, -0.2) is 24.0 Å². The molecule has 22 heavy (non-hydrogen) atoms. The molecule has 3 rings (SSSR count). The summed E-state index contributed by atoms with van der Waals surface area (Å²) in [5, 5.41) is 9.19. The van der Waals surface area contributed by atoms with Gasteiger partial charge < -0.3 is 10.6 Å². The molecule has 0 unspecified atom stereocenters. The van der Waals surface area contributed by atoms with Crippen LogP contribution in [0, 0.1) is 12.8 Å². The predicted molar refractivity (Wildman–Crippen MR) is 93.8 cm³/mol. The molecular formula is C16H20ClN3OS. The summed E-state index contributed by atoms with van der Waals surface area (Å²) in [6.07, 6.45) is 2.60. The second kappa shape index (κ2) is 7.72. The fourth-order valence-electron chi connectivity index (χ4n) is 2.14. The topological polar surface area (TPSA) is 54.0 Å². The molecule has 1 aliphatic rings. The summed E-state index contributed by atoms with van der Waals surface area (Å²) in [5.74, 6) is 0.798. The number of aryl methyl sites for hydroxylation is 1. The summed E-state index contributed by atoms with van der Waals surface area (Å²) < 4.78 is 0. The summed E-state index contributed by atoms with van der Waals surface area (Å²) in [7, 11) is 0. The van der Waals surface area contributed by atoms with Gasteiger partial charge in [-0.2, -0.15) is 0 Å². The van der Waals surface area contributed by atoms with Gasteiger partial charge in [0, 0.05) is 16.6 Å². The number of rotatable bonds is 6. The van der Waals surface area contributed by atoms with E-state index in [0.717, 1.165) is 34.4 Å². The number of anilines is 1. The number of nitrogens with zero attached hydrogens (tertiary/aromatic N) is 1. The maximum Gasteiger partial charge on any atom is 0.238 e. The minimum atomic E-state index is 0. The van der Waals surface area contributed by atoms with E-state index in [1.54, 1.807) is 11.3 Å². The molecular weight excluding hydrogens is 318 g/mol. The Kier molecular flexibility index (Phi) is 5.94. The predicted octanol–water partition coefficient (Wildman–Crippen LogP) is 3.48. The monoisotopic (exact) mass is 337 g/mol. The third-order valence-corrected chi connectivity index (χ3v) is 4.27. The van der Waals surface area contributed by atoms with E-state index in [0.29, 0.717) is 6.54 Å². The van der Waals surface area contributed by atoms with Crippen LogP contribution in [0.25, 0.3) is 11.3 Å². The number of thiazole rings is 1. The lowest BCUT2D eigenvalue weighted by Crippen LogP contribution is -2.29. The Morgan fingerprint density at radius 1 is 1.32 bits per heavy atom. The Labute approximate surface area is 140 Å². The van der Waals surface area contributed by atoms with Crippen molar-refractivity contribution in [2.24, 2.45) is 5.92 Å².